The molecule has 1 saturated heterocycles. The number of hydrogen-bond donors (Lipinski definition) is 2. The molecule has 0 bridgehead atoms. The van der Waals surface area contributed by atoms with E-state index in [1.807, 2.05) is 32.2 Å². The van der Waals surface area contributed by atoms with Crippen LogP contribution in [0.1, 0.15) is 24.8 Å². The number of ether oxygens (including phenoxy) is 1. The van der Waals surface area contributed by atoms with Gasteiger partial charge in [-0.25, -0.2) is 0 Å². The molecular formula is C17H26ClN3O3. The molecule has 1 atom stereocenters. The third-order valence-corrected chi connectivity index (χ3v) is 4.08. The SMILES string of the molecule is CNCCC(=O)N1CCCC1C(=O)Nc1cc(C)ccc1OC.Cl. The first kappa shape index (κ1) is 20.3. The van der Waals surface area contributed by atoms with Crippen LogP contribution in [0.4, 0.5) is 5.69 Å². The highest BCUT2D eigenvalue weighted by atomic mass is 35.5. The molecule has 1 heterocycles. The van der Waals surface area contributed by atoms with Crippen LogP contribution < -0.4 is 15.4 Å². The fraction of sp³-hybridized carbons (Fsp3) is 0.529. The molecule has 0 saturated carbocycles. The molecule has 1 aliphatic rings. The molecule has 2 rings (SSSR count). The molecule has 24 heavy (non-hydrogen) atoms. The smallest absolute Gasteiger partial charge is 0.247 e. The number of benzene rings is 1. The lowest BCUT2D eigenvalue weighted by Crippen LogP contribution is -2.43. The third-order valence-electron chi connectivity index (χ3n) is 4.08. The van der Waals surface area contributed by atoms with E-state index in [9.17, 15) is 9.59 Å². The maximum absolute atomic E-state index is 12.6. The maximum atomic E-state index is 12.6. The lowest BCUT2D eigenvalue weighted by Gasteiger charge is -2.24. The van der Waals surface area contributed by atoms with Crippen LogP contribution in [0.2, 0.25) is 0 Å². The second-order valence-electron chi connectivity index (χ2n) is 5.79. The summed E-state index contributed by atoms with van der Waals surface area (Å²) in [5.74, 6) is 0.493. The first-order chi connectivity index (χ1) is 11.1. The van der Waals surface area contributed by atoms with Crippen LogP contribution in [0.5, 0.6) is 5.75 Å². The van der Waals surface area contributed by atoms with Gasteiger partial charge in [-0.15, -0.1) is 12.4 Å². The molecule has 1 unspecified atom stereocenters. The van der Waals surface area contributed by atoms with Crippen LogP contribution in [0, 0.1) is 6.92 Å². The first-order valence-corrected chi connectivity index (χ1v) is 7.96. The lowest BCUT2D eigenvalue weighted by molar-refractivity contribution is -0.136. The van der Waals surface area contributed by atoms with Crippen molar-refractivity contribution in [3.8, 4) is 5.75 Å². The Morgan fingerprint density at radius 2 is 2.12 bits per heavy atom. The number of nitrogens with zero attached hydrogens (tertiary/aromatic N) is 1. The Balaban J connectivity index is 0.00000288. The van der Waals surface area contributed by atoms with Gasteiger partial charge in [0.25, 0.3) is 0 Å². The topological polar surface area (TPSA) is 70.7 Å². The van der Waals surface area contributed by atoms with Gasteiger partial charge in [0.15, 0.2) is 0 Å². The fourth-order valence-electron chi connectivity index (χ4n) is 2.85. The standard InChI is InChI=1S/C17H25N3O3.ClH/c1-12-6-7-15(23-3)13(11-12)19-17(22)14-5-4-10-20(14)16(21)8-9-18-2;/h6-7,11,14,18H,4-5,8-10H2,1-3H3,(H,19,22);1H. The van der Waals surface area contributed by atoms with Gasteiger partial charge in [-0.05, 0) is 44.5 Å². The van der Waals surface area contributed by atoms with E-state index in [2.05, 4.69) is 10.6 Å². The Bertz CT molecular complexity index is 580. The Labute approximate surface area is 149 Å². The van der Waals surface area contributed by atoms with E-state index in [1.165, 1.54) is 0 Å². The van der Waals surface area contributed by atoms with Crippen LogP contribution in [-0.4, -0.2) is 50.0 Å². The minimum atomic E-state index is -0.399. The molecular weight excluding hydrogens is 330 g/mol. The van der Waals surface area contributed by atoms with E-state index in [1.54, 1.807) is 12.0 Å². The number of carbonyl (C=O) groups excluding carboxylic acids is 2. The average Bonchev–Trinajstić information content (AvgIpc) is 3.02. The van der Waals surface area contributed by atoms with Crippen molar-refractivity contribution in [3.05, 3.63) is 23.8 Å². The molecule has 2 amide bonds. The van der Waals surface area contributed by atoms with Gasteiger partial charge in [-0.3, -0.25) is 9.59 Å². The predicted molar refractivity (Wildman–Crippen MR) is 96.9 cm³/mol. The first-order valence-electron chi connectivity index (χ1n) is 7.96. The zero-order valence-corrected chi connectivity index (χ0v) is 15.2. The minimum Gasteiger partial charge on any atom is -0.495 e. The molecule has 1 aromatic rings. The highest BCUT2D eigenvalue weighted by molar-refractivity contribution is 5.98. The largest absolute Gasteiger partial charge is 0.495 e. The van der Waals surface area contributed by atoms with Gasteiger partial charge < -0.3 is 20.3 Å². The van der Waals surface area contributed by atoms with E-state index in [0.29, 0.717) is 37.4 Å². The van der Waals surface area contributed by atoms with Crippen molar-refractivity contribution in [3.63, 3.8) is 0 Å². The summed E-state index contributed by atoms with van der Waals surface area (Å²) in [6.45, 7) is 3.22. The normalized spacial score (nSPS) is 16.5. The summed E-state index contributed by atoms with van der Waals surface area (Å²) in [5.41, 5.74) is 1.68. The summed E-state index contributed by atoms with van der Waals surface area (Å²) in [6, 6.07) is 5.23. The van der Waals surface area contributed by atoms with Crippen molar-refractivity contribution < 1.29 is 14.3 Å². The molecule has 0 radical (unpaired) electrons. The van der Waals surface area contributed by atoms with Gasteiger partial charge in [-0.2, -0.15) is 0 Å². The monoisotopic (exact) mass is 355 g/mol. The molecule has 0 aliphatic carbocycles. The number of aryl methyl sites for hydroxylation is 1. The molecule has 1 aromatic carbocycles. The molecule has 6 nitrogen and oxygen atoms in total. The van der Waals surface area contributed by atoms with Crippen LogP contribution in [0.15, 0.2) is 18.2 Å². The molecule has 134 valence electrons. The predicted octanol–water partition coefficient (Wildman–Crippen LogP) is 1.96. The van der Waals surface area contributed by atoms with Crippen LogP contribution in [0.25, 0.3) is 0 Å². The summed E-state index contributed by atoms with van der Waals surface area (Å²) in [5, 5.41) is 5.87. The molecule has 0 aromatic heterocycles. The minimum absolute atomic E-state index is 0. The zero-order valence-electron chi connectivity index (χ0n) is 14.4. The fourth-order valence-corrected chi connectivity index (χ4v) is 2.85. The number of anilines is 1. The van der Waals surface area contributed by atoms with Crippen molar-refractivity contribution in [2.45, 2.75) is 32.2 Å². The van der Waals surface area contributed by atoms with Gasteiger partial charge in [0.1, 0.15) is 11.8 Å². The van der Waals surface area contributed by atoms with Gasteiger partial charge in [0, 0.05) is 19.5 Å². The Morgan fingerprint density at radius 1 is 1.38 bits per heavy atom. The number of hydrogen-bond acceptors (Lipinski definition) is 4. The average molecular weight is 356 g/mol. The highest BCUT2D eigenvalue weighted by Gasteiger charge is 2.33. The zero-order chi connectivity index (χ0) is 16.8. The van der Waals surface area contributed by atoms with Crippen molar-refractivity contribution in [1.29, 1.82) is 0 Å². The second-order valence-corrected chi connectivity index (χ2v) is 5.79. The van der Waals surface area contributed by atoms with E-state index in [4.69, 9.17) is 4.74 Å². The van der Waals surface area contributed by atoms with Gasteiger partial charge in [0.2, 0.25) is 11.8 Å². The number of amides is 2. The number of methoxy groups -OCH3 is 1. The van der Waals surface area contributed by atoms with E-state index in [-0.39, 0.29) is 24.2 Å². The molecule has 7 heteroatoms. The number of carbonyl (C=O) groups is 2. The summed E-state index contributed by atoms with van der Waals surface area (Å²) in [7, 11) is 3.38. The molecule has 1 fully saturated rings. The van der Waals surface area contributed by atoms with E-state index >= 15 is 0 Å². The van der Waals surface area contributed by atoms with Crippen LogP contribution in [-0.2, 0) is 9.59 Å². The van der Waals surface area contributed by atoms with Crippen molar-refractivity contribution in [2.24, 2.45) is 0 Å². The van der Waals surface area contributed by atoms with Crippen LogP contribution in [0.3, 0.4) is 0 Å². The number of nitrogens with one attached hydrogen (secondary N) is 2. The van der Waals surface area contributed by atoms with Gasteiger partial charge in [-0.1, -0.05) is 6.07 Å². The van der Waals surface area contributed by atoms with Gasteiger partial charge in [0.05, 0.1) is 12.8 Å². The van der Waals surface area contributed by atoms with Gasteiger partial charge >= 0.3 is 0 Å². The van der Waals surface area contributed by atoms with E-state index < -0.39 is 6.04 Å². The number of likely N-dealkylation sites (tertiary alicyclic amines) is 1. The second kappa shape index (κ2) is 9.49. The summed E-state index contributed by atoms with van der Waals surface area (Å²) in [4.78, 5) is 26.5. The lowest BCUT2D eigenvalue weighted by atomic mass is 10.1. The maximum Gasteiger partial charge on any atom is 0.247 e. The Morgan fingerprint density at radius 3 is 2.79 bits per heavy atom. The molecule has 2 N–H and O–H groups in total. The summed E-state index contributed by atoms with van der Waals surface area (Å²) in [6.07, 6.45) is 1.97. The number of halogens is 1. The summed E-state index contributed by atoms with van der Waals surface area (Å²) < 4.78 is 5.29. The van der Waals surface area contributed by atoms with Crippen LogP contribution >= 0.6 is 12.4 Å². The highest BCUT2D eigenvalue weighted by Crippen LogP contribution is 2.27. The summed E-state index contributed by atoms with van der Waals surface area (Å²) >= 11 is 0. The molecule has 1 aliphatic heterocycles. The molecule has 0 spiro atoms. The Hall–Kier alpha value is -1.79. The van der Waals surface area contributed by atoms with Crippen molar-refractivity contribution in [2.75, 3.05) is 32.6 Å². The van der Waals surface area contributed by atoms with E-state index in [0.717, 1.165) is 12.0 Å². The third kappa shape index (κ3) is 4.85. The quantitative estimate of drug-likeness (QED) is 0.818. The Kier molecular flexibility index (Phi) is 8.01. The number of rotatable bonds is 6. The van der Waals surface area contributed by atoms with Crippen molar-refractivity contribution in [1.82, 2.24) is 10.2 Å². The van der Waals surface area contributed by atoms with Crippen molar-refractivity contribution >= 4 is 29.9 Å².